The maximum atomic E-state index is 12.7. The lowest BCUT2D eigenvalue weighted by molar-refractivity contribution is 0.601. The van der Waals surface area contributed by atoms with Crippen molar-refractivity contribution in [1.29, 1.82) is 0 Å². The molecule has 0 aliphatic rings. The minimum Gasteiger partial charge on any atom is -0.305 e. The van der Waals surface area contributed by atoms with Crippen LogP contribution in [0.5, 0.6) is 0 Å². The predicted octanol–water partition coefficient (Wildman–Crippen LogP) is 2.11. The Morgan fingerprint density at radius 2 is 1.54 bits per heavy atom. The van der Waals surface area contributed by atoms with Crippen molar-refractivity contribution in [3.05, 3.63) is 67.1 Å². The Morgan fingerprint density at radius 3 is 2.15 bits per heavy atom. The van der Waals surface area contributed by atoms with Crippen molar-refractivity contribution in [2.24, 2.45) is 14.1 Å². The van der Waals surface area contributed by atoms with Gasteiger partial charge in [-0.05, 0) is 58.7 Å². The zero-order valence-electron chi connectivity index (χ0n) is 14.3. The van der Waals surface area contributed by atoms with Gasteiger partial charge in [0.1, 0.15) is 0 Å². The molecular formula is C17H16BrN3O4S. The summed E-state index contributed by atoms with van der Waals surface area (Å²) in [6.07, 6.45) is 0. The van der Waals surface area contributed by atoms with Crippen LogP contribution in [0.3, 0.4) is 0 Å². The summed E-state index contributed by atoms with van der Waals surface area (Å²) in [5.41, 5.74) is 0.822. The van der Waals surface area contributed by atoms with E-state index in [0.29, 0.717) is 21.2 Å². The van der Waals surface area contributed by atoms with E-state index in [0.717, 1.165) is 10.1 Å². The van der Waals surface area contributed by atoms with E-state index in [2.05, 4.69) is 20.7 Å². The topological polar surface area (TPSA) is 90.2 Å². The molecule has 9 heteroatoms. The van der Waals surface area contributed by atoms with E-state index in [1.165, 1.54) is 36.9 Å². The third kappa shape index (κ3) is 3.08. The van der Waals surface area contributed by atoms with Crippen LogP contribution < -0.4 is 15.8 Å². The van der Waals surface area contributed by atoms with Crippen LogP contribution in [-0.2, 0) is 24.1 Å². The Bertz CT molecular complexity index is 1260. The standard InChI is InChI=1S/C17H16BrN3O4S/c1-10-4-6-13(12(18)8-10)19-26(24,25)11-5-7-14-15(9-11)21(3)17(23)16(22)20(14)2/h4-9,19H,1-3H3. The molecule has 0 saturated carbocycles. The fraction of sp³-hybridized carbons (Fsp3) is 0.176. The lowest BCUT2D eigenvalue weighted by atomic mass is 10.2. The third-order valence-corrected chi connectivity index (χ3v) is 6.16. The van der Waals surface area contributed by atoms with Crippen molar-refractivity contribution in [2.45, 2.75) is 11.8 Å². The van der Waals surface area contributed by atoms with Gasteiger partial charge in [0, 0.05) is 18.6 Å². The molecule has 1 aromatic heterocycles. The van der Waals surface area contributed by atoms with Gasteiger partial charge in [0.05, 0.1) is 21.6 Å². The van der Waals surface area contributed by atoms with Gasteiger partial charge < -0.3 is 9.13 Å². The molecule has 0 aliphatic carbocycles. The van der Waals surface area contributed by atoms with Crippen molar-refractivity contribution < 1.29 is 8.42 Å². The van der Waals surface area contributed by atoms with Crippen LogP contribution in [0.15, 0.2) is 55.4 Å². The number of rotatable bonds is 3. The summed E-state index contributed by atoms with van der Waals surface area (Å²) in [5, 5.41) is 0. The van der Waals surface area contributed by atoms with Crippen molar-refractivity contribution in [1.82, 2.24) is 9.13 Å². The Labute approximate surface area is 158 Å². The lowest BCUT2D eigenvalue weighted by Gasteiger charge is -2.13. The number of benzene rings is 2. The maximum absolute atomic E-state index is 12.7. The monoisotopic (exact) mass is 437 g/mol. The third-order valence-electron chi connectivity index (χ3n) is 4.14. The van der Waals surface area contributed by atoms with E-state index in [-0.39, 0.29) is 4.90 Å². The SMILES string of the molecule is Cc1ccc(NS(=O)(=O)c2ccc3c(c2)n(C)c(=O)c(=O)n3C)c(Br)c1. The van der Waals surface area contributed by atoms with Crippen LogP contribution in [-0.4, -0.2) is 17.6 Å². The highest BCUT2D eigenvalue weighted by atomic mass is 79.9. The first-order valence-corrected chi connectivity index (χ1v) is 9.88. The number of aromatic nitrogens is 2. The number of sulfonamides is 1. The zero-order chi connectivity index (χ0) is 19.2. The van der Waals surface area contributed by atoms with Gasteiger partial charge >= 0.3 is 11.1 Å². The smallest absolute Gasteiger partial charge is 0.305 e. The maximum Gasteiger partial charge on any atom is 0.316 e. The number of nitrogens with one attached hydrogen (secondary N) is 1. The molecule has 3 aromatic rings. The fourth-order valence-electron chi connectivity index (χ4n) is 2.64. The number of fused-ring (bicyclic) bond motifs is 1. The molecule has 0 radical (unpaired) electrons. The van der Waals surface area contributed by atoms with Crippen molar-refractivity contribution in [3.8, 4) is 0 Å². The van der Waals surface area contributed by atoms with E-state index in [1.54, 1.807) is 18.2 Å². The highest BCUT2D eigenvalue weighted by Gasteiger charge is 2.18. The molecule has 2 aromatic carbocycles. The molecule has 26 heavy (non-hydrogen) atoms. The molecule has 0 amide bonds. The van der Waals surface area contributed by atoms with Gasteiger partial charge in [-0.15, -0.1) is 0 Å². The normalized spacial score (nSPS) is 11.7. The van der Waals surface area contributed by atoms with Gasteiger partial charge in [0.15, 0.2) is 0 Å². The van der Waals surface area contributed by atoms with E-state index in [4.69, 9.17) is 0 Å². The molecule has 1 heterocycles. The minimum absolute atomic E-state index is 0.00822. The molecule has 0 aliphatic heterocycles. The summed E-state index contributed by atoms with van der Waals surface area (Å²) < 4.78 is 31.0. The van der Waals surface area contributed by atoms with Crippen LogP contribution in [0.25, 0.3) is 11.0 Å². The average Bonchev–Trinajstić information content (AvgIpc) is 2.60. The van der Waals surface area contributed by atoms with Crippen LogP contribution in [0.4, 0.5) is 5.69 Å². The first-order chi connectivity index (χ1) is 12.1. The van der Waals surface area contributed by atoms with Crippen LogP contribution >= 0.6 is 15.9 Å². The number of hydrogen-bond acceptors (Lipinski definition) is 4. The molecule has 1 N–H and O–H groups in total. The van der Waals surface area contributed by atoms with Crippen molar-refractivity contribution in [2.75, 3.05) is 4.72 Å². The molecule has 0 saturated heterocycles. The van der Waals surface area contributed by atoms with Crippen molar-refractivity contribution >= 4 is 42.7 Å². The van der Waals surface area contributed by atoms with Crippen molar-refractivity contribution in [3.63, 3.8) is 0 Å². The Kier molecular flexibility index (Phi) is 4.53. The first kappa shape index (κ1) is 18.4. The average molecular weight is 438 g/mol. The molecule has 136 valence electrons. The van der Waals surface area contributed by atoms with Gasteiger partial charge in [-0.3, -0.25) is 14.3 Å². The highest BCUT2D eigenvalue weighted by molar-refractivity contribution is 9.10. The highest BCUT2D eigenvalue weighted by Crippen LogP contribution is 2.26. The van der Waals surface area contributed by atoms with Gasteiger partial charge in [0.2, 0.25) is 0 Å². The first-order valence-electron chi connectivity index (χ1n) is 7.60. The Morgan fingerprint density at radius 1 is 0.923 bits per heavy atom. The summed E-state index contributed by atoms with van der Waals surface area (Å²) in [7, 11) is -0.964. The van der Waals surface area contributed by atoms with E-state index in [9.17, 15) is 18.0 Å². The molecule has 0 spiro atoms. The molecule has 0 atom stereocenters. The lowest BCUT2D eigenvalue weighted by Crippen LogP contribution is -2.39. The molecule has 7 nitrogen and oxygen atoms in total. The fourth-order valence-corrected chi connectivity index (χ4v) is 4.46. The Hall–Kier alpha value is -2.39. The quantitative estimate of drug-likeness (QED) is 0.635. The second kappa shape index (κ2) is 6.40. The largest absolute Gasteiger partial charge is 0.316 e. The second-order valence-electron chi connectivity index (χ2n) is 5.97. The number of nitrogens with zero attached hydrogens (tertiary/aromatic N) is 2. The van der Waals surface area contributed by atoms with E-state index < -0.39 is 21.1 Å². The Balaban J connectivity index is 2.15. The number of aryl methyl sites for hydroxylation is 3. The van der Waals surface area contributed by atoms with Gasteiger partial charge in [0.25, 0.3) is 10.0 Å². The number of halogens is 1. The molecule has 0 bridgehead atoms. The summed E-state index contributed by atoms with van der Waals surface area (Å²) in [6, 6.07) is 9.55. The van der Waals surface area contributed by atoms with E-state index >= 15 is 0 Å². The molecule has 3 rings (SSSR count). The molecule has 0 fully saturated rings. The van der Waals surface area contributed by atoms with Crippen LogP contribution in [0.2, 0.25) is 0 Å². The summed E-state index contributed by atoms with van der Waals surface area (Å²) >= 11 is 3.34. The predicted molar refractivity (Wildman–Crippen MR) is 104 cm³/mol. The summed E-state index contributed by atoms with van der Waals surface area (Å²) in [5.74, 6) is 0. The molecular weight excluding hydrogens is 422 g/mol. The minimum atomic E-state index is -3.88. The van der Waals surface area contributed by atoms with Crippen LogP contribution in [0.1, 0.15) is 5.56 Å². The second-order valence-corrected chi connectivity index (χ2v) is 8.50. The zero-order valence-corrected chi connectivity index (χ0v) is 16.7. The van der Waals surface area contributed by atoms with E-state index in [1.807, 2.05) is 6.92 Å². The molecule has 0 unspecified atom stereocenters. The summed E-state index contributed by atoms with van der Waals surface area (Å²) in [4.78, 5) is 23.9. The van der Waals surface area contributed by atoms with Gasteiger partial charge in [-0.2, -0.15) is 0 Å². The van der Waals surface area contributed by atoms with Crippen LogP contribution in [0, 0.1) is 6.92 Å². The van der Waals surface area contributed by atoms with Gasteiger partial charge in [-0.1, -0.05) is 6.07 Å². The number of anilines is 1. The summed E-state index contributed by atoms with van der Waals surface area (Å²) in [6.45, 7) is 1.90. The van der Waals surface area contributed by atoms with Gasteiger partial charge in [-0.25, -0.2) is 8.42 Å². The number of hydrogen-bond donors (Lipinski definition) is 1.